The van der Waals surface area contributed by atoms with Crippen LogP contribution in [0.2, 0.25) is 0 Å². The number of aliphatic hydroxyl groups is 1. The molecule has 246 valence electrons. The standard InChI is InChI=1S/C37H45ClN2O6/c1-7-22-11-10-12-25(14-22)40-28-16-24-15-27(38)33-26-13-21(4)37(46-32(44)9-3,30(42)20-45-31(43)8-2)36(26,6)18-29(41)34(33)35(24,5)17-23(28)19-39-40/h7,10-12,14,16,19,21,26-27,29,33-34,41H,1,8-9,13,15,17-18,20H2,2-6H3/t21-,26+,27-,29+,33-,34+,35+,36+,37-/m1/s1. The number of hydrogen-bond acceptors (Lipinski definition) is 7. The van der Waals surface area contributed by atoms with Gasteiger partial charge in [-0.25, -0.2) is 4.68 Å². The number of aliphatic hydroxyl groups excluding tert-OH is 1. The Morgan fingerprint density at radius 3 is 2.63 bits per heavy atom. The fourth-order valence-electron chi connectivity index (χ4n) is 9.88. The molecule has 0 bridgehead atoms. The summed E-state index contributed by atoms with van der Waals surface area (Å²) < 4.78 is 13.5. The van der Waals surface area contributed by atoms with E-state index < -0.39 is 41.4 Å². The summed E-state index contributed by atoms with van der Waals surface area (Å²) in [6.45, 7) is 12.9. The Labute approximate surface area is 276 Å². The van der Waals surface area contributed by atoms with Gasteiger partial charge in [0.15, 0.2) is 12.2 Å². The quantitative estimate of drug-likeness (QED) is 0.263. The molecule has 4 aliphatic rings. The Kier molecular flexibility index (Phi) is 8.37. The first-order valence-electron chi connectivity index (χ1n) is 16.6. The van der Waals surface area contributed by atoms with E-state index in [0.717, 1.165) is 22.5 Å². The SMILES string of the molecule is C=Cc1cccc(-n2ncc3c2C=C2C[C@@H](Cl)[C@@H]4[C@H]([C@@H](O)C[C@@]5(C)[C@H]4C[C@@H](C)[C@@]5(OC(=O)CC)C(=O)COC(=O)CC)[C@@]2(C)C3)c1. The number of halogens is 1. The van der Waals surface area contributed by atoms with Crippen molar-refractivity contribution in [1.29, 1.82) is 0 Å². The summed E-state index contributed by atoms with van der Waals surface area (Å²) in [7, 11) is 0. The van der Waals surface area contributed by atoms with E-state index in [0.29, 0.717) is 19.3 Å². The van der Waals surface area contributed by atoms with E-state index >= 15 is 0 Å². The summed E-state index contributed by atoms with van der Waals surface area (Å²) in [5.74, 6) is -2.16. The number of carbonyl (C=O) groups excluding carboxylic acids is 3. The molecule has 1 aromatic carbocycles. The van der Waals surface area contributed by atoms with Gasteiger partial charge < -0.3 is 14.6 Å². The lowest BCUT2D eigenvalue weighted by molar-refractivity contribution is -0.207. The summed E-state index contributed by atoms with van der Waals surface area (Å²) in [5, 5.41) is 16.7. The van der Waals surface area contributed by atoms with Crippen molar-refractivity contribution in [3.8, 4) is 5.69 Å². The van der Waals surface area contributed by atoms with Crippen molar-refractivity contribution in [1.82, 2.24) is 9.78 Å². The Hall–Kier alpha value is -3.23. The van der Waals surface area contributed by atoms with Crippen LogP contribution in [-0.2, 0) is 30.3 Å². The van der Waals surface area contributed by atoms with Crippen LogP contribution in [0.5, 0.6) is 0 Å². The van der Waals surface area contributed by atoms with Crippen molar-refractivity contribution in [2.75, 3.05) is 6.61 Å². The minimum absolute atomic E-state index is 0.0991. The molecule has 0 radical (unpaired) electrons. The van der Waals surface area contributed by atoms with Gasteiger partial charge in [-0.2, -0.15) is 5.10 Å². The molecular weight excluding hydrogens is 604 g/mol. The zero-order valence-corrected chi connectivity index (χ0v) is 28.2. The number of rotatable bonds is 8. The number of ether oxygens (including phenoxy) is 2. The van der Waals surface area contributed by atoms with E-state index in [2.05, 4.69) is 25.6 Å². The van der Waals surface area contributed by atoms with Crippen LogP contribution in [0.3, 0.4) is 0 Å². The lowest BCUT2D eigenvalue weighted by Gasteiger charge is -2.61. The van der Waals surface area contributed by atoms with Crippen LogP contribution >= 0.6 is 11.6 Å². The van der Waals surface area contributed by atoms with Crippen molar-refractivity contribution in [3.63, 3.8) is 0 Å². The molecule has 8 nitrogen and oxygen atoms in total. The Morgan fingerprint density at radius 1 is 1.20 bits per heavy atom. The van der Waals surface area contributed by atoms with E-state index in [1.807, 2.05) is 49.0 Å². The molecule has 6 rings (SSSR count). The van der Waals surface area contributed by atoms with Gasteiger partial charge in [-0.05, 0) is 78.2 Å². The highest BCUT2D eigenvalue weighted by Gasteiger charge is 2.74. The first kappa shape index (κ1) is 32.7. The molecule has 3 saturated carbocycles. The third kappa shape index (κ3) is 4.73. The van der Waals surface area contributed by atoms with E-state index in [-0.39, 0.29) is 53.7 Å². The largest absolute Gasteiger partial charge is 0.457 e. The fraction of sp³-hybridized carbons (Fsp3) is 0.568. The van der Waals surface area contributed by atoms with E-state index in [1.165, 1.54) is 5.57 Å². The van der Waals surface area contributed by atoms with Gasteiger partial charge in [0, 0.05) is 29.6 Å². The first-order valence-corrected chi connectivity index (χ1v) is 17.0. The van der Waals surface area contributed by atoms with Crippen molar-refractivity contribution >= 4 is 41.5 Å². The molecule has 9 atom stereocenters. The number of nitrogens with zero attached hydrogens (tertiary/aromatic N) is 2. The average Bonchev–Trinajstić information content (AvgIpc) is 3.53. The molecule has 0 saturated heterocycles. The van der Waals surface area contributed by atoms with Crippen molar-refractivity contribution < 1.29 is 29.0 Å². The monoisotopic (exact) mass is 648 g/mol. The van der Waals surface area contributed by atoms with Crippen LogP contribution in [0.25, 0.3) is 17.8 Å². The second-order valence-electron chi connectivity index (χ2n) is 14.3. The van der Waals surface area contributed by atoms with E-state index in [9.17, 15) is 19.5 Å². The molecule has 9 heteroatoms. The van der Waals surface area contributed by atoms with Gasteiger partial charge in [-0.3, -0.25) is 14.4 Å². The summed E-state index contributed by atoms with van der Waals surface area (Å²) in [6, 6.07) is 8.09. The predicted octanol–water partition coefficient (Wildman–Crippen LogP) is 6.35. The van der Waals surface area contributed by atoms with Crippen LogP contribution in [0.4, 0.5) is 0 Å². The third-order valence-corrected chi connectivity index (χ3v) is 12.4. The Morgan fingerprint density at radius 2 is 1.93 bits per heavy atom. The highest BCUT2D eigenvalue weighted by Crippen LogP contribution is 2.70. The topological polar surface area (TPSA) is 108 Å². The molecule has 1 aromatic heterocycles. The minimum atomic E-state index is -1.54. The van der Waals surface area contributed by atoms with Crippen LogP contribution < -0.4 is 0 Å². The van der Waals surface area contributed by atoms with Crippen molar-refractivity contribution in [3.05, 3.63) is 59.4 Å². The summed E-state index contributed by atoms with van der Waals surface area (Å²) in [5.41, 5.74) is 2.48. The smallest absolute Gasteiger partial charge is 0.306 e. The maximum absolute atomic E-state index is 14.2. The average molecular weight is 649 g/mol. The molecular formula is C37H45ClN2O6. The number of esters is 2. The normalized spacial score (nSPS) is 35.9. The van der Waals surface area contributed by atoms with Gasteiger partial charge in [-0.15, -0.1) is 11.6 Å². The van der Waals surface area contributed by atoms with Gasteiger partial charge in [0.05, 0.1) is 23.7 Å². The molecule has 0 spiro atoms. The summed E-state index contributed by atoms with van der Waals surface area (Å²) in [6.07, 6.45) is 7.61. The number of aromatic nitrogens is 2. The highest BCUT2D eigenvalue weighted by atomic mass is 35.5. The number of hydrogen-bond donors (Lipinski definition) is 1. The zero-order chi connectivity index (χ0) is 33.2. The van der Waals surface area contributed by atoms with Crippen molar-refractivity contribution in [2.24, 2.45) is 34.5 Å². The lowest BCUT2D eigenvalue weighted by atomic mass is 9.45. The highest BCUT2D eigenvalue weighted by molar-refractivity contribution is 6.21. The molecule has 0 aliphatic heterocycles. The number of carbonyl (C=O) groups is 3. The predicted molar refractivity (Wildman–Crippen MR) is 176 cm³/mol. The third-order valence-electron chi connectivity index (χ3n) is 11.9. The molecule has 2 aromatic rings. The zero-order valence-electron chi connectivity index (χ0n) is 27.4. The molecule has 4 aliphatic carbocycles. The summed E-state index contributed by atoms with van der Waals surface area (Å²) in [4.78, 5) is 39.2. The molecule has 0 amide bonds. The second kappa shape index (κ2) is 11.8. The number of alkyl halides is 1. The van der Waals surface area contributed by atoms with Crippen LogP contribution in [0.1, 0.15) is 83.5 Å². The first-order chi connectivity index (χ1) is 21.8. The maximum Gasteiger partial charge on any atom is 0.306 e. The number of fused-ring (bicyclic) bond motifs is 6. The minimum Gasteiger partial charge on any atom is -0.457 e. The van der Waals surface area contributed by atoms with E-state index in [1.54, 1.807) is 13.8 Å². The molecule has 46 heavy (non-hydrogen) atoms. The molecule has 1 N–H and O–H groups in total. The fourth-order valence-corrected chi connectivity index (χ4v) is 10.4. The number of Topliss-reactive ketones (excluding diaryl/α,β-unsaturated/α-hetero) is 1. The van der Waals surface area contributed by atoms with Gasteiger partial charge in [0.1, 0.15) is 0 Å². The number of benzene rings is 1. The Balaban J connectivity index is 1.39. The summed E-state index contributed by atoms with van der Waals surface area (Å²) >= 11 is 7.39. The van der Waals surface area contributed by atoms with E-state index in [4.69, 9.17) is 26.2 Å². The second-order valence-corrected chi connectivity index (χ2v) is 14.8. The van der Waals surface area contributed by atoms with Crippen LogP contribution in [0.15, 0.2) is 42.6 Å². The van der Waals surface area contributed by atoms with Gasteiger partial charge >= 0.3 is 11.9 Å². The Bertz CT molecular complexity index is 1610. The molecule has 1 heterocycles. The maximum atomic E-state index is 14.2. The number of allylic oxidation sites excluding steroid dienone is 1. The van der Waals surface area contributed by atoms with Crippen LogP contribution in [-0.4, -0.2) is 56.3 Å². The van der Waals surface area contributed by atoms with Gasteiger partial charge in [0.25, 0.3) is 0 Å². The molecule has 3 fully saturated rings. The van der Waals surface area contributed by atoms with Gasteiger partial charge in [0.2, 0.25) is 5.78 Å². The molecule has 0 unspecified atom stereocenters. The van der Waals surface area contributed by atoms with Crippen molar-refractivity contribution in [2.45, 2.75) is 90.2 Å². The van der Waals surface area contributed by atoms with Gasteiger partial charge in [-0.1, -0.05) is 65.0 Å². The van der Waals surface area contributed by atoms with Crippen LogP contribution in [0, 0.1) is 34.5 Å². The number of ketones is 1. The lowest BCUT2D eigenvalue weighted by Crippen LogP contribution is -2.66.